The predicted molar refractivity (Wildman–Crippen MR) is 77.7 cm³/mol. The van der Waals surface area contributed by atoms with Crippen LogP contribution in [0.5, 0.6) is 5.88 Å². The first-order chi connectivity index (χ1) is 7.97. The fraction of sp³-hybridized carbons (Fsp3) is 0.636. The van der Waals surface area contributed by atoms with Crippen molar-refractivity contribution in [1.82, 2.24) is 9.97 Å². The van der Waals surface area contributed by atoms with E-state index in [-0.39, 0.29) is 3.16 Å². The highest BCUT2D eigenvalue weighted by Crippen LogP contribution is 2.36. The lowest BCUT2D eigenvalue weighted by Gasteiger charge is -2.26. The van der Waals surface area contributed by atoms with Crippen molar-refractivity contribution < 1.29 is 9.47 Å². The van der Waals surface area contributed by atoms with Gasteiger partial charge in [-0.2, -0.15) is 4.98 Å². The lowest BCUT2D eigenvalue weighted by atomic mass is 10.1. The number of halogens is 1. The Morgan fingerprint density at radius 1 is 1.65 bits per heavy atom. The van der Waals surface area contributed by atoms with Crippen molar-refractivity contribution in [1.29, 1.82) is 0 Å². The van der Waals surface area contributed by atoms with Gasteiger partial charge in [0.05, 0.1) is 23.0 Å². The SMILES string of the molecule is Cc1cnc(C(C)(P)I)nc1OCC1COC1. The summed E-state index contributed by atoms with van der Waals surface area (Å²) >= 11 is 2.29. The second-order valence-electron chi connectivity index (χ2n) is 4.47. The molecule has 1 aromatic rings. The number of aromatic nitrogens is 2. The number of alkyl halides is 1. The van der Waals surface area contributed by atoms with Crippen molar-refractivity contribution in [2.45, 2.75) is 17.0 Å². The van der Waals surface area contributed by atoms with Crippen LogP contribution in [0.3, 0.4) is 0 Å². The summed E-state index contributed by atoms with van der Waals surface area (Å²) in [5, 5.41) is 0. The van der Waals surface area contributed by atoms with Crippen LogP contribution in [0.4, 0.5) is 0 Å². The van der Waals surface area contributed by atoms with Crippen LogP contribution in [0.2, 0.25) is 0 Å². The molecule has 1 saturated heterocycles. The normalized spacial score (nSPS) is 19.5. The van der Waals surface area contributed by atoms with E-state index in [2.05, 4.69) is 41.8 Å². The third-order valence-electron chi connectivity index (χ3n) is 2.53. The molecule has 6 heteroatoms. The van der Waals surface area contributed by atoms with Crippen molar-refractivity contribution in [3.63, 3.8) is 0 Å². The van der Waals surface area contributed by atoms with Crippen LogP contribution in [0.25, 0.3) is 0 Å². The Hall–Kier alpha value is -0.000000000000000187. The highest BCUT2D eigenvalue weighted by molar-refractivity contribution is 14.1. The molecule has 0 N–H and O–H groups in total. The molecule has 2 rings (SSSR count). The molecule has 0 saturated carbocycles. The van der Waals surface area contributed by atoms with E-state index in [4.69, 9.17) is 9.47 Å². The highest BCUT2D eigenvalue weighted by Gasteiger charge is 2.23. The van der Waals surface area contributed by atoms with E-state index in [1.807, 2.05) is 20.0 Å². The molecule has 1 aromatic heterocycles. The molecule has 17 heavy (non-hydrogen) atoms. The number of rotatable bonds is 4. The lowest BCUT2D eigenvalue weighted by Crippen LogP contribution is -2.33. The Morgan fingerprint density at radius 3 is 2.88 bits per heavy atom. The van der Waals surface area contributed by atoms with Gasteiger partial charge in [0.1, 0.15) is 0 Å². The molecule has 2 atom stereocenters. The molecule has 1 aliphatic rings. The van der Waals surface area contributed by atoms with Crippen LogP contribution in [0.15, 0.2) is 6.20 Å². The largest absolute Gasteiger partial charge is 0.477 e. The van der Waals surface area contributed by atoms with Crippen LogP contribution in [0, 0.1) is 12.8 Å². The Morgan fingerprint density at radius 2 is 2.35 bits per heavy atom. The first kappa shape index (κ1) is 13.4. The zero-order valence-corrected chi connectivity index (χ0v) is 13.3. The average molecular weight is 366 g/mol. The van der Waals surface area contributed by atoms with Crippen LogP contribution >= 0.6 is 31.8 Å². The summed E-state index contributed by atoms with van der Waals surface area (Å²) in [6.45, 7) is 6.28. The Balaban J connectivity index is 2.08. The van der Waals surface area contributed by atoms with E-state index in [1.165, 1.54) is 0 Å². The van der Waals surface area contributed by atoms with Crippen molar-refractivity contribution in [2.24, 2.45) is 5.92 Å². The number of hydrogen-bond acceptors (Lipinski definition) is 4. The van der Waals surface area contributed by atoms with E-state index < -0.39 is 0 Å². The second kappa shape index (κ2) is 5.33. The van der Waals surface area contributed by atoms with Crippen molar-refractivity contribution in [3.8, 4) is 5.88 Å². The van der Waals surface area contributed by atoms with Gasteiger partial charge in [0.15, 0.2) is 5.82 Å². The standard InChI is InChI=1S/C11H16IN2O2P/c1-7-3-13-10(11(2,12)17)14-9(7)16-6-8-4-15-5-8/h3,8H,4-6,17H2,1-2H3. The maximum absolute atomic E-state index is 5.73. The molecule has 1 fully saturated rings. The zero-order valence-electron chi connectivity index (χ0n) is 9.94. The minimum atomic E-state index is -0.164. The molecule has 94 valence electrons. The minimum Gasteiger partial charge on any atom is -0.477 e. The van der Waals surface area contributed by atoms with Gasteiger partial charge in [-0.1, -0.05) is 22.6 Å². The summed E-state index contributed by atoms with van der Waals surface area (Å²) in [5.74, 6) is 1.97. The van der Waals surface area contributed by atoms with Gasteiger partial charge in [0, 0.05) is 17.7 Å². The quantitative estimate of drug-likeness (QED) is 0.466. The molecule has 2 heterocycles. The van der Waals surface area contributed by atoms with E-state index in [1.54, 1.807) is 0 Å². The van der Waals surface area contributed by atoms with Gasteiger partial charge in [-0.05, 0) is 13.8 Å². The van der Waals surface area contributed by atoms with Gasteiger partial charge in [-0.25, -0.2) is 4.98 Å². The predicted octanol–water partition coefficient (Wildman–Crippen LogP) is 2.29. The van der Waals surface area contributed by atoms with Crippen LogP contribution in [-0.4, -0.2) is 29.8 Å². The molecular formula is C11H16IN2O2P. The third-order valence-corrected chi connectivity index (χ3v) is 3.27. The van der Waals surface area contributed by atoms with Crippen LogP contribution in [-0.2, 0) is 7.90 Å². The van der Waals surface area contributed by atoms with Crippen LogP contribution < -0.4 is 4.74 Å². The molecule has 0 bridgehead atoms. The molecule has 0 amide bonds. The molecule has 0 spiro atoms. The summed E-state index contributed by atoms with van der Waals surface area (Å²) in [6, 6.07) is 0. The summed E-state index contributed by atoms with van der Waals surface area (Å²) < 4.78 is 10.7. The summed E-state index contributed by atoms with van der Waals surface area (Å²) in [6.07, 6.45) is 1.82. The fourth-order valence-electron chi connectivity index (χ4n) is 1.39. The van der Waals surface area contributed by atoms with E-state index in [0.29, 0.717) is 18.4 Å². The maximum Gasteiger partial charge on any atom is 0.219 e. The van der Waals surface area contributed by atoms with E-state index in [0.717, 1.165) is 24.6 Å². The Kier molecular flexibility index (Phi) is 4.21. The summed E-state index contributed by atoms with van der Waals surface area (Å²) in [7, 11) is 2.73. The summed E-state index contributed by atoms with van der Waals surface area (Å²) in [4.78, 5) is 8.80. The molecule has 4 nitrogen and oxygen atoms in total. The van der Waals surface area contributed by atoms with Gasteiger partial charge in [0.25, 0.3) is 0 Å². The Bertz CT molecular complexity index is 405. The van der Waals surface area contributed by atoms with Gasteiger partial charge in [0.2, 0.25) is 5.88 Å². The number of ether oxygens (including phenoxy) is 2. The first-order valence-corrected chi connectivity index (χ1v) is 7.15. The molecule has 1 aliphatic heterocycles. The van der Waals surface area contributed by atoms with Crippen molar-refractivity contribution in [3.05, 3.63) is 17.6 Å². The van der Waals surface area contributed by atoms with E-state index >= 15 is 0 Å². The minimum absolute atomic E-state index is 0.164. The monoisotopic (exact) mass is 366 g/mol. The molecule has 2 unspecified atom stereocenters. The van der Waals surface area contributed by atoms with Gasteiger partial charge >= 0.3 is 0 Å². The van der Waals surface area contributed by atoms with Crippen LogP contribution in [0.1, 0.15) is 18.3 Å². The highest BCUT2D eigenvalue weighted by atomic mass is 127. The Labute approximate surface area is 117 Å². The topological polar surface area (TPSA) is 44.2 Å². The molecular weight excluding hydrogens is 350 g/mol. The van der Waals surface area contributed by atoms with Gasteiger partial charge in [-0.15, -0.1) is 9.24 Å². The smallest absolute Gasteiger partial charge is 0.219 e. The molecule has 0 aromatic carbocycles. The van der Waals surface area contributed by atoms with E-state index in [9.17, 15) is 0 Å². The zero-order chi connectivity index (χ0) is 12.5. The molecule has 0 aliphatic carbocycles. The van der Waals surface area contributed by atoms with Gasteiger partial charge < -0.3 is 9.47 Å². The van der Waals surface area contributed by atoms with Crippen molar-refractivity contribution >= 4 is 31.8 Å². The average Bonchev–Trinajstić information content (AvgIpc) is 2.16. The lowest BCUT2D eigenvalue weighted by molar-refractivity contribution is -0.0515. The number of hydrogen-bond donors (Lipinski definition) is 0. The number of nitrogens with zero attached hydrogens (tertiary/aromatic N) is 2. The summed E-state index contributed by atoms with van der Waals surface area (Å²) in [5.41, 5.74) is 0.972. The van der Waals surface area contributed by atoms with Gasteiger partial charge in [-0.3, -0.25) is 0 Å². The molecule has 0 radical (unpaired) electrons. The number of aryl methyl sites for hydroxylation is 1. The first-order valence-electron chi connectivity index (χ1n) is 5.49. The fourth-order valence-corrected chi connectivity index (χ4v) is 1.78. The maximum atomic E-state index is 5.73. The second-order valence-corrected chi connectivity index (χ2v) is 9.04. The van der Waals surface area contributed by atoms with Crippen molar-refractivity contribution in [2.75, 3.05) is 19.8 Å². The third kappa shape index (κ3) is 3.48.